The fourth-order valence-electron chi connectivity index (χ4n) is 1.46. The van der Waals surface area contributed by atoms with Gasteiger partial charge in [-0.2, -0.15) is 0 Å². The smallest absolute Gasteiger partial charge is 0.0439 e. The van der Waals surface area contributed by atoms with Crippen molar-refractivity contribution in [1.82, 2.24) is 0 Å². The van der Waals surface area contributed by atoms with Gasteiger partial charge in [-0.1, -0.05) is 50.8 Å². The molecule has 1 nitrogen and oxygen atoms in total. The molecule has 0 atom stereocenters. The minimum Gasteiger partial charge on any atom is -0.396 e. The molecule has 0 bridgehead atoms. The summed E-state index contributed by atoms with van der Waals surface area (Å²) in [5.41, 5.74) is 2.22. The van der Waals surface area contributed by atoms with Crippen LogP contribution >= 0.6 is 0 Å². The van der Waals surface area contributed by atoms with E-state index in [-0.39, 0.29) is 12.0 Å². The number of hydrogen-bond donors (Lipinski definition) is 1. The van der Waals surface area contributed by atoms with Crippen LogP contribution < -0.4 is 0 Å². The number of hydrogen-bond acceptors (Lipinski definition) is 1. The maximum absolute atomic E-state index is 8.96. The van der Waals surface area contributed by atoms with Gasteiger partial charge in [-0.15, -0.1) is 0 Å². The van der Waals surface area contributed by atoms with Crippen LogP contribution in [-0.2, 0) is 0 Å². The minimum atomic E-state index is -0.0316. The van der Waals surface area contributed by atoms with Crippen molar-refractivity contribution in [2.75, 3.05) is 6.61 Å². The van der Waals surface area contributed by atoms with E-state index in [0.717, 1.165) is 17.6 Å². The first-order valence-electron chi connectivity index (χ1n) is 4.93. The Kier molecular flexibility index (Phi) is 3.48. The fraction of sp³-hybridized carbons (Fsp3) is 0.385. The molecule has 0 saturated carbocycles. The zero-order chi connectivity index (χ0) is 10.6. The van der Waals surface area contributed by atoms with Crippen molar-refractivity contribution in [3.8, 4) is 0 Å². The van der Waals surface area contributed by atoms with Gasteiger partial charge in [-0.3, -0.25) is 0 Å². The Balaban J connectivity index is 2.85. The third-order valence-electron chi connectivity index (χ3n) is 2.68. The van der Waals surface area contributed by atoms with Crippen LogP contribution in [-0.4, -0.2) is 11.7 Å². The standard InChI is InChI=1S/C13H18O/c1-11(13(2,3)9-10-14)12-7-5-4-6-8-12/h4-8,14H,1,9-10H2,2-3H3. The van der Waals surface area contributed by atoms with Gasteiger partial charge >= 0.3 is 0 Å². The average molecular weight is 190 g/mol. The molecule has 1 rings (SSSR count). The molecule has 1 N–H and O–H groups in total. The molecule has 0 saturated heterocycles. The van der Waals surface area contributed by atoms with Crippen LogP contribution in [0.15, 0.2) is 36.9 Å². The van der Waals surface area contributed by atoms with Gasteiger partial charge < -0.3 is 5.11 Å². The second-order valence-corrected chi connectivity index (χ2v) is 4.20. The lowest BCUT2D eigenvalue weighted by Crippen LogP contribution is -2.15. The van der Waals surface area contributed by atoms with E-state index in [2.05, 4.69) is 32.6 Å². The van der Waals surface area contributed by atoms with Gasteiger partial charge in [0, 0.05) is 6.61 Å². The molecule has 1 heteroatoms. The summed E-state index contributed by atoms with van der Waals surface area (Å²) >= 11 is 0. The maximum Gasteiger partial charge on any atom is 0.0439 e. The summed E-state index contributed by atoms with van der Waals surface area (Å²) < 4.78 is 0. The van der Waals surface area contributed by atoms with Crippen molar-refractivity contribution in [3.05, 3.63) is 42.5 Å². The zero-order valence-electron chi connectivity index (χ0n) is 8.96. The van der Waals surface area contributed by atoms with E-state index in [9.17, 15) is 0 Å². The second-order valence-electron chi connectivity index (χ2n) is 4.20. The van der Waals surface area contributed by atoms with Crippen LogP contribution in [0, 0.1) is 5.41 Å². The first kappa shape index (κ1) is 11.0. The average Bonchev–Trinajstić information content (AvgIpc) is 2.18. The molecule has 0 amide bonds. The Morgan fingerprint density at radius 3 is 2.36 bits per heavy atom. The van der Waals surface area contributed by atoms with Gasteiger partial charge in [-0.25, -0.2) is 0 Å². The normalized spacial score (nSPS) is 11.4. The van der Waals surface area contributed by atoms with Crippen molar-refractivity contribution in [3.63, 3.8) is 0 Å². The van der Waals surface area contributed by atoms with Gasteiger partial charge in [0.1, 0.15) is 0 Å². The van der Waals surface area contributed by atoms with Crippen LogP contribution in [0.2, 0.25) is 0 Å². The summed E-state index contributed by atoms with van der Waals surface area (Å²) in [4.78, 5) is 0. The van der Waals surface area contributed by atoms with E-state index >= 15 is 0 Å². The van der Waals surface area contributed by atoms with Crippen LogP contribution in [0.4, 0.5) is 0 Å². The molecule has 76 valence electrons. The summed E-state index contributed by atoms with van der Waals surface area (Å²) in [7, 11) is 0. The Hall–Kier alpha value is -1.08. The Labute approximate surface area is 86.1 Å². The lowest BCUT2D eigenvalue weighted by molar-refractivity contribution is 0.245. The molecular weight excluding hydrogens is 172 g/mol. The van der Waals surface area contributed by atoms with Crippen molar-refractivity contribution in [2.45, 2.75) is 20.3 Å². The summed E-state index contributed by atoms with van der Waals surface area (Å²) in [6, 6.07) is 10.1. The SMILES string of the molecule is C=C(c1ccccc1)C(C)(C)CCO. The number of benzene rings is 1. The van der Waals surface area contributed by atoms with Gasteiger partial charge in [0.25, 0.3) is 0 Å². The number of aliphatic hydroxyl groups excluding tert-OH is 1. The number of rotatable bonds is 4. The highest BCUT2D eigenvalue weighted by Crippen LogP contribution is 2.35. The molecule has 0 spiro atoms. The third-order valence-corrected chi connectivity index (χ3v) is 2.68. The lowest BCUT2D eigenvalue weighted by Gasteiger charge is -2.26. The van der Waals surface area contributed by atoms with Gasteiger partial charge in [0.2, 0.25) is 0 Å². The van der Waals surface area contributed by atoms with Crippen molar-refractivity contribution >= 4 is 5.57 Å². The Bertz CT molecular complexity index is 298. The van der Waals surface area contributed by atoms with Crippen LogP contribution in [0.1, 0.15) is 25.8 Å². The predicted molar refractivity (Wildman–Crippen MR) is 61.0 cm³/mol. The van der Waals surface area contributed by atoms with Gasteiger partial charge in [0.05, 0.1) is 0 Å². The largest absolute Gasteiger partial charge is 0.396 e. The Morgan fingerprint density at radius 1 is 1.29 bits per heavy atom. The van der Waals surface area contributed by atoms with E-state index in [1.807, 2.05) is 18.2 Å². The Morgan fingerprint density at radius 2 is 1.86 bits per heavy atom. The highest BCUT2D eigenvalue weighted by molar-refractivity contribution is 5.67. The highest BCUT2D eigenvalue weighted by Gasteiger charge is 2.21. The first-order valence-corrected chi connectivity index (χ1v) is 4.93. The van der Waals surface area contributed by atoms with Crippen LogP contribution in [0.25, 0.3) is 5.57 Å². The molecule has 0 unspecified atom stereocenters. The molecule has 14 heavy (non-hydrogen) atoms. The molecular formula is C13H18O. The quantitative estimate of drug-likeness (QED) is 0.773. The third kappa shape index (κ3) is 2.46. The van der Waals surface area contributed by atoms with E-state index < -0.39 is 0 Å². The molecule has 0 aliphatic rings. The van der Waals surface area contributed by atoms with Crippen molar-refractivity contribution in [1.29, 1.82) is 0 Å². The van der Waals surface area contributed by atoms with E-state index in [4.69, 9.17) is 5.11 Å². The monoisotopic (exact) mass is 190 g/mol. The van der Waals surface area contributed by atoms with E-state index in [1.165, 1.54) is 0 Å². The summed E-state index contributed by atoms with van der Waals surface area (Å²) in [6.07, 6.45) is 0.751. The van der Waals surface area contributed by atoms with E-state index in [0.29, 0.717) is 0 Å². The molecule has 0 heterocycles. The molecule has 1 aromatic carbocycles. The van der Waals surface area contributed by atoms with Crippen LogP contribution in [0.5, 0.6) is 0 Å². The van der Waals surface area contributed by atoms with Crippen molar-refractivity contribution in [2.24, 2.45) is 5.41 Å². The minimum absolute atomic E-state index is 0.0316. The summed E-state index contributed by atoms with van der Waals surface area (Å²) in [5, 5.41) is 8.96. The molecule has 0 fully saturated rings. The highest BCUT2D eigenvalue weighted by atomic mass is 16.3. The molecule has 0 aliphatic carbocycles. The van der Waals surface area contributed by atoms with Gasteiger partial charge in [-0.05, 0) is 23.0 Å². The first-order chi connectivity index (χ1) is 6.58. The number of aliphatic hydroxyl groups is 1. The molecule has 1 aromatic rings. The molecule has 0 aliphatic heterocycles. The molecule has 0 aromatic heterocycles. The summed E-state index contributed by atoms with van der Waals surface area (Å²) in [5.74, 6) is 0. The summed E-state index contributed by atoms with van der Waals surface area (Å²) in [6.45, 7) is 8.53. The fourth-order valence-corrected chi connectivity index (χ4v) is 1.46. The topological polar surface area (TPSA) is 20.2 Å². The van der Waals surface area contributed by atoms with Crippen LogP contribution in [0.3, 0.4) is 0 Å². The second kappa shape index (κ2) is 4.43. The lowest BCUT2D eigenvalue weighted by atomic mass is 9.79. The maximum atomic E-state index is 8.96. The van der Waals surface area contributed by atoms with Gasteiger partial charge in [0.15, 0.2) is 0 Å². The number of allylic oxidation sites excluding steroid dienone is 1. The zero-order valence-corrected chi connectivity index (χ0v) is 8.96. The molecule has 0 radical (unpaired) electrons. The predicted octanol–water partition coefficient (Wildman–Crippen LogP) is 3.11. The van der Waals surface area contributed by atoms with E-state index in [1.54, 1.807) is 0 Å². The van der Waals surface area contributed by atoms with Crippen molar-refractivity contribution < 1.29 is 5.11 Å².